The Bertz CT molecular complexity index is 1160. The third kappa shape index (κ3) is 26.6. The Balaban J connectivity index is 1.59. The average Bonchev–Trinajstić information content (AvgIpc) is 3.47. The molecule has 1 N–H and O–H groups in total. The summed E-state index contributed by atoms with van der Waals surface area (Å²) in [6.07, 6.45) is 41.4. The number of rotatable bonds is 43. The summed E-state index contributed by atoms with van der Waals surface area (Å²) in [5.74, 6) is -0.883. The Morgan fingerprint density at radius 2 is 0.862 bits per heavy atom. The first-order valence-corrected chi connectivity index (χ1v) is 26.3. The summed E-state index contributed by atoms with van der Waals surface area (Å²) in [6, 6.07) is 6.62. The maximum Gasteiger partial charge on any atom is 0.330 e. The van der Waals surface area contributed by atoms with E-state index in [1.165, 1.54) is 180 Å². The minimum Gasteiger partial charge on any atom is -0.379 e. The molecular formula is C49H88NO7P. The van der Waals surface area contributed by atoms with Crippen LogP contribution in [0.4, 0.5) is 0 Å². The van der Waals surface area contributed by atoms with Gasteiger partial charge in [-0.05, 0) is 25.0 Å². The molecule has 0 saturated heterocycles. The van der Waals surface area contributed by atoms with E-state index in [1.807, 2.05) is 0 Å². The summed E-state index contributed by atoms with van der Waals surface area (Å²) in [6.45, 7) is 5.79. The van der Waals surface area contributed by atoms with Gasteiger partial charge in [-0.25, -0.2) is 0 Å². The van der Waals surface area contributed by atoms with Crippen molar-refractivity contribution in [1.29, 1.82) is 0 Å². The predicted molar refractivity (Wildman–Crippen MR) is 242 cm³/mol. The van der Waals surface area contributed by atoms with E-state index in [1.54, 1.807) is 24.3 Å². The zero-order valence-corrected chi connectivity index (χ0v) is 38.4. The van der Waals surface area contributed by atoms with Gasteiger partial charge in [0.2, 0.25) is 0 Å². The zero-order valence-electron chi connectivity index (χ0n) is 37.5. The number of unbranched alkanes of at least 4 members (excludes halogenated alkanes) is 30. The Morgan fingerprint density at radius 3 is 1.24 bits per heavy atom. The van der Waals surface area contributed by atoms with Crippen molar-refractivity contribution in [3.63, 3.8) is 0 Å². The van der Waals surface area contributed by atoms with Gasteiger partial charge in [-0.2, -0.15) is 0 Å². The molecule has 0 fully saturated rings. The number of amides is 2. The number of imide groups is 1. The van der Waals surface area contributed by atoms with Gasteiger partial charge >= 0.3 is 7.60 Å². The van der Waals surface area contributed by atoms with E-state index in [0.29, 0.717) is 30.9 Å². The largest absolute Gasteiger partial charge is 0.379 e. The minimum atomic E-state index is -4.08. The van der Waals surface area contributed by atoms with Crippen molar-refractivity contribution in [1.82, 2.24) is 4.90 Å². The molecule has 1 heterocycles. The highest BCUT2D eigenvalue weighted by Gasteiger charge is 2.36. The highest BCUT2D eigenvalue weighted by molar-refractivity contribution is 7.52. The van der Waals surface area contributed by atoms with E-state index in [-0.39, 0.29) is 19.3 Å². The summed E-state index contributed by atoms with van der Waals surface area (Å²) < 4.78 is 30.7. The number of carbonyl (C=O) groups is 2. The molecule has 2 atom stereocenters. The normalized spacial score (nSPS) is 14.4. The first kappa shape index (κ1) is 52.6. The maximum atomic E-state index is 13.0. The van der Waals surface area contributed by atoms with Crippen LogP contribution in [-0.4, -0.2) is 66.8 Å². The van der Waals surface area contributed by atoms with Gasteiger partial charge in [-0.1, -0.05) is 219 Å². The Hall–Kier alpha value is -1.57. The molecule has 1 aliphatic heterocycles. The first-order valence-electron chi connectivity index (χ1n) is 24.5. The summed E-state index contributed by atoms with van der Waals surface area (Å²) in [7, 11) is -4.08. The fourth-order valence-electron chi connectivity index (χ4n) is 7.94. The lowest BCUT2D eigenvalue weighted by Crippen LogP contribution is -2.33. The van der Waals surface area contributed by atoms with E-state index in [9.17, 15) is 19.0 Å². The molecule has 0 saturated carbocycles. The molecule has 0 aliphatic carbocycles. The van der Waals surface area contributed by atoms with E-state index >= 15 is 0 Å². The van der Waals surface area contributed by atoms with E-state index in [4.69, 9.17) is 14.0 Å². The van der Waals surface area contributed by atoms with Crippen LogP contribution in [-0.2, 0) is 18.6 Å². The summed E-state index contributed by atoms with van der Waals surface area (Å²) in [5.41, 5.74) is 0.649. The summed E-state index contributed by atoms with van der Waals surface area (Å²) >= 11 is 0. The smallest absolute Gasteiger partial charge is 0.330 e. The van der Waals surface area contributed by atoms with Crippen LogP contribution >= 0.6 is 7.60 Å². The van der Waals surface area contributed by atoms with Gasteiger partial charge in [0.25, 0.3) is 11.8 Å². The summed E-state index contributed by atoms with van der Waals surface area (Å²) in [5, 5.41) is 0. The van der Waals surface area contributed by atoms with E-state index < -0.39 is 25.5 Å². The number of benzene rings is 1. The SMILES string of the molecule is CCCCCCCCCCCCCCCCCCOC[C@@H](COP(=O)(O)CCN1C(=O)c2ccccc2C1=O)OCCCCCCCCCCCCCCCCCC. The number of carbonyl (C=O) groups excluding carboxylic acids is 2. The molecule has 2 rings (SSSR count). The van der Waals surface area contributed by atoms with Crippen LogP contribution in [0.5, 0.6) is 0 Å². The van der Waals surface area contributed by atoms with Crippen molar-refractivity contribution in [2.75, 3.05) is 39.1 Å². The molecule has 1 aromatic rings. The second kappa shape index (κ2) is 36.1. The molecule has 0 aromatic heterocycles. The molecule has 1 aromatic carbocycles. The van der Waals surface area contributed by atoms with E-state index in [2.05, 4.69) is 13.8 Å². The number of fused-ring (bicyclic) bond motifs is 1. The lowest BCUT2D eigenvalue weighted by Gasteiger charge is -2.21. The lowest BCUT2D eigenvalue weighted by atomic mass is 10.0. The van der Waals surface area contributed by atoms with Crippen molar-refractivity contribution in [3.05, 3.63) is 35.4 Å². The molecule has 1 aliphatic rings. The van der Waals surface area contributed by atoms with Crippen LogP contribution in [0.15, 0.2) is 24.3 Å². The van der Waals surface area contributed by atoms with Gasteiger partial charge < -0.3 is 18.9 Å². The Labute approximate surface area is 356 Å². The van der Waals surface area contributed by atoms with Gasteiger partial charge in [0, 0.05) is 19.8 Å². The molecule has 2 amide bonds. The monoisotopic (exact) mass is 834 g/mol. The highest BCUT2D eigenvalue weighted by atomic mass is 31.2. The van der Waals surface area contributed by atoms with Crippen LogP contribution in [0.1, 0.15) is 240 Å². The van der Waals surface area contributed by atoms with Gasteiger partial charge in [0.15, 0.2) is 0 Å². The molecule has 0 bridgehead atoms. The number of ether oxygens (including phenoxy) is 2. The quantitative estimate of drug-likeness (QED) is 0.0397. The van der Waals surface area contributed by atoms with Gasteiger partial charge in [0.05, 0.1) is 30.5 Å². The highest BCUT2D eigenvalue weighted by Crippen LogP contribution is 2.42. The number of hydrogen-bond acceptors (Lipinski definition) is 6. The van der Waals surface area contributed by atoms with Crippen LogP contribution < -0.4 is 0 Å². The van der Waals surface area contributed by atoms with Gasteiger partial charge in [-0.15, -0.1) is 0 Å². The van der Waals surface area contributed by atoms with Gasteiger partial charge in [-0.3, -0.25) is 19.1 Å². The number of nitrogens with zero attached hydrogens (tertiary/aromatic N) is 1. The molecular weight excluding hydrogens is 746 g/mol. The predicted octanol–water partition coefficient (Wildman–Crippen LogP) is 14.4. The van der Waals surface area contributed by atoms with Crippen molar-refractivity contribution in [2.24, 2.45) is 0 Å². The third-order valence-corrected chi connectivity index (χ3v) is 13.1. The Morgan fingerprint density at radius 1 is 0.517 bits per heavy atom. The van der Waals surface area contributed by atoms with Crippen molar-refractivity contribution >= 4 is 19.4 Å². The first-order chi connectivity index (χ1) is 28.4. The Kier molecular flexibility index (Phi) is 32.7. The van der Waals surface area contributed by atoms with Gasteiger partial charge in [0.1, 0.15) is 6.10 Å². The fraction of sp³-hybridized carbons (Fsp3) is 0.837. The second-order valence-electron chi connectivity index (χ2n) is 17.1. The molecule has 8 nitrogen and oxygen atoms in total. The molecule has 336 valence electrons. The van der Waals surface area contributed by atoms with Crippen molar-refractivity contribution < 1.29 is 33.0 Å². The molecule has 0 spiro atoms. The van der Waals surface area contributed by atoms with Crippen molar-refractivity contribution in [2.45, 2.75) is 225 Å². The van der Waals surface area contributed by atoms with Crippen LogP contribution in [0.3, 0.4) is 0 Å². The molecule has 58 heavy (non-hydrogen) atoms. The molecule has 1 unspecified atom stereocenters. The van der Waals surface area contributed by atoms with Crippen molar-refractivity contribution in [3.8, 4) is 0 Å². The standard InChI is InChI=1S/C49H88NO7P/c1-3-5-7-9-11-13-15-17-19-21-23-25-27-29-31-35-40-55-43-45(56-41-36-32-30-28-26-24-22-20-18-16-14-12-10-8-6-4-2)44-57-58(53,54)42-39-50-48(51)46-37-33-34-38-47(46)49(50)52/h33-34,37-38,45H,3-32,35-36,39-44H2,1-2H3,(H,53,54)/t45-/m0/s1. The average molecular weight is 834 g/mol. The van der Waals surface area contributed by atoms with Crippen LogP contribution in [0, 0.1) is 0 Å². The fourth-order valence-corrected chi connectivity index (χ4v) is 8.93. The van der Waals surface area contributed by atoms with Crippen LogP contribution in [0.25, 0.3) is 0 Å². The molecule has 9 heteroatoms. The topological polar surface area (TPSA) is 102 Å². The zero-order chi connectivity index (χ0) is 41.8. The summed E-state index contributed by atoms with van der Waals surface area (Å²) in [4.78, 5) is 37.1. The maximum absolute atomic E-state index is 13.0. The molecule has 0 radical (unpaired) electrons. The number of hydrogen-bond donors (Lipinski definition) is 1. The van der Waals surface area contributed by atoms with E-state index in [0.717, 1.165) is 30.6 Å². The third-order valence-electron chi connectivity index (χ3n) is 11.7. The lowest BCUT2D eigenvalue weighted by molar-refractivity contribution is -0.0403. The van der Waals surface area contributed by atoms with Crippen LogP contribution in [0.2, 0.25) is 0 Å². The second-order valence-corrected chi connectivity index (χ2v) is 19.1. The minimum absolute atomic E-state index is 0.0757.